The number of hydrogen-bond donors (Lipinski definition) is 2. The highest BCUT2D eigenvalue weighted by atomic mass is 16.5. The molecule has 0 aliphatic carbocycles. The maximum absolute atomic E-state index is 11.7. The maximum Gasteiger partial charge on any atom is 0.244 e. The second-order valence-corrected chi connectivity index (χ2v) is 5.10. The monoisotopic (exact) mass is 309 g/mol. The molecule has 2 N–H and O–H groups in total. The molecular formula is C16H23NO5. The normalized spacial score (nSPS) is 13.7. The van der Waals surface area contributed by atoms with Crippen LogP contribution in [-0.2, 0) is 9.53 Å². The first kappa shape index (κ1) is 18.0. The van der Waals surface area contributed by atoms with Crippen LogP contribution in [0.4, 0.5) is 0 Å². The van der Waals surface area contributed by atoms with Gasteiger partial charge in [0.25, 0.3) is 0 Å². The van der Waals surface area contributed by atoms with Gasteiger partial charge in [-0.15, -0.1) is 0 Å². The smallest absolute Gasteiger partial charge is 0.244 e. The summed E-state index contributed by atoms with van der Waals surface area (Å²) < 4.78 is 15.2. The Labute approximate surface area is 130 Å². The van der Waals surface area contributed by atoms with Crippen LogP contribution in [-0.4, -0.2) is 51.1 Å². The first-order valence-electron chi connectivity index (χ1n) is 6.81. The van der Waals surface area contributed by atoms with Crippen molar-refractivity contribution in [3.8, 4) is 11.5 Å². The third-order valence-corrected chi connectivity index (χ3v) is 2.93. The standard InChI is InChI=1S/C16H23NO5/c1-16(19,11-20-2)10-17-15(18)8-6-12-5-7-13(21-3)14(9-12)22-4/h5-9,19H,10-11H2,1-4H3,(H,17,18)/b8-6+. The van der Waals surface area contributed by atoms with Gasteiger partial charge in [-0.2, -0.15) is 0 Å². The van der Waals surface area contributed by atoms with Crippen molar-refractivity contribution < 1.29 is 24.1 Å². The van der Waals surface area contributed by atoms with Crippen LogP contribution in [0.2, 0.25) is 0 Å². The van der Waals surface area contributed by atoms with E-state index < -0.39 is 5.60 Å². The van der Waals surface area contributed by atoms with Crippen molar-refractivity contribution in [2.45, 2.75) is 12.5 Å². The van der Waals surface area contributed by atoms with Crippen LogP contribution in [0, 0.1) is 0 Å². The molecule has 0 fully saturated rings. The number of carbonyl (C=O) groups is 1. The zero-order valence-corrected chi connectivity index (χ0v) is 13.4. The van der Waals surface area contributed by atoms with Crippen LogP contribution in [0.3, 0.4) is 0 Å². The van der Waals surface area contributed by atoms with E-state index in [4.69, 9.17) is 14.2 Å². The Morgan fingerprint density at radius 2 is 1.95 bits per heavy atom. The van der Waals surface area contributed by atoms with Gasteiger partial charge in [-0.3, -0.25) is 4.79 Å². The highest BCUT2D eigenvalue weighted by Gasteiger charge is 2.20. The predicted octanol–water partition coefficient (Wildman–Crippen LogP) is 1.23. The zero-order valence-electron chi connectivity index (χ0n) is 13.4. The number of nitrogens with one attached hydrogen (secondary N) is 1. The van der Waals surface area contributed by atoms with E-state index in [1.165, 1.54) is 13.2 Å². The molecule has 0 aliphatic rings. The Kier molecular flexibility index (Phi) is 6.88. The average molecular weight is 309 g/mol. The van der Waals surface area contributed by atoms with Crippen molar-refractivity contribution in [2.75, 3.05) is 34.5 Å². The van der Waals surface area contributed by atoms with Crippen LogP contribution in [0.25, 0.3) is 6.08 Å². The molecule has 1 aromatic rings. The summed E-state index contributed by atoms with van der Waals surface area (Å²) in [5, 5.41) is 12.5. The molecule has 1 rings (SSSR count). The molecule has 6 nitrogen and oxygen atoms in total. The second kappa shape index (κ2) is 8.41. The van der Waals surface area contributed by atoms with E-state index in [0.717, 1.165) is 5.56 Å². The third kappa shape index (κ3) is 5.75. The molecule has 0 heterocycles. The number of ether oxygens (including phenoxy) is 3. The van der Waals surface area contributed by atoms with Crippen molar-refractivity contribution in [2.24, 2.45) is 0 Å². The van der Waals surface area contributed by atoms with E-state index in [2.05, 4.69) is 5.32 Å². The van der Waals surface area contributed by atoms with E-state index in [0.29, 0.717) is 11.5 Å². The summed E-state index contributed by atoms with van der Waals surface area (Å²) in [7, 11) is 4.61. The SMILES string of the molecule is COCC(C)(O)CNC(=O)/C=C/c1ccc(OC)c(OC)c1. The van der Waals surface area contributed by atoms with Crippen molar-refractivity contribution >= 4 is 12.0 Å². The van der Waals surface area contributed by atoms with Gasteiger partial charge in [0.15, 0.2) is 11.5 Å². The molecule has 22 heavy (non-hydrogen) atoms. The minimum atomic E-state index is -1.10. The molecule has 0 radical (unpaired) electrons. The van der Waals surface area contributed by atoms with Crippen molar-refractivity contribution in [3.63, 3.8) is 0 Å². The first-order valence-corrected chi connectivity index (χ1v) is 6.81. The lowest BCUT2D eigenvalue weighted by atomic mass is 10.1. The Morgan fingerprint density at radius 1 is 1.27 bits per heavy atom. The maximum atomic E-state index is 11.7. The summed E-state index contributed by atoms with van der Waals surface area (Å²) in [6, 6.07) is 5.34. The van der Waals surface area contributed by atoms with E-state index in [-0.39, 0.29) is 19.1 Å². The molecule has 0 aliphatic heterocycles. The van der Waals surface area contributed by atoms with Gasteiger partial charge in [-0.1, -0.05) is 6.07 Å². The fraction of sp³-hybridized carbons (Fsp3) is 0.438. The molecule has 0 saturated heterocycles. The Bertz CT molecular complexity index is 525. The van der Waals surface area contributed by atoms with Crippen molar-refractivity contribution in [1.82, 2.24) is 5.32 Å². The first-order chi connectivity index (χ1) is 10.4. The molecule has 0 spiro atoms. The van der Waals surface area contributed by atoms with Crippen LogP contribution in [0.15, 0.2) is 24.3 Å². The molecule has 1 atom stereocenters. The van der Waals surface area contributed by atoms with Gasteiger partial charge in [0.1, 0.15) is 5.60 Å². The average Bonchev–Trinajstić information content (AvgIpc) is 2.50. The molecule has 1 aromatic carbocycles. The lowest BCUT2D eigenvalue weighted by Crippen LogP contribution is -2.43. The lowest BCUT2D eigenvalue weighted by molar-refractivity contribution is -0.118. The van der Waals surface area contributed by atoms with Gasteiger partial charge in [0.2, 0.25) is 5.91 Å². The molecule has 122 valence electrons. The number of aliphatic hydroxyl groups is 1. The highest BCUT2D eigenvalue weighted by molar-refractivity contribution is 5.91. The molecule has 0 aromatic heterocycles. The topological polar surface area (TPSA) is 77.0 Å². The summed E-state index contributed by atoms with van der Waals surface area (Å²) in [5.74, 6) is 0.916. The molecule has 0 saturated carbocycles. The third-order valence-electron chi connectivity index (χ3n) is 2.93. The van der Waals surface area contributed by atoms with Crippen molar-refractivity contribution in [3.05, 3.63) is 29.8 Å². The minimum absolute atomic E-state index is 0.107. The number of rotatable bonds is 8. The predicted molar refractivity (Wildman–Crippen MR) is 84.1 cm³/mol. The Hall–Kier alpha value is -2.05. The van der Waals surface area contributed by atoms with Gasteiger partial charge in [0.05, 0.1) is 20.8 Å². The highest BCUT2D eigenvalue weighted by Crippen LogP contribution is 2.27. The van der Waals surface area contributed by atoms with Crippen LogP contribution < -0.4 is 14.8 Å². The summed E-state index contributed by atoms with van der Waals surface area (Å²) >= 11 is 0. The fourth-order valence-corrected chi connectivity index (χ4v) is 1.83. The molecule has 0 bridgehead atoms. The van der Waals surface area contributed by atoms with E-state index >= 15 is 0 Å². The molecule has 6 heteroatoms. The van der Waals surface area contributed by atoms with Gasteiger partial charge in [-0.05, 0) is 30.7 Å². The summed E-state index contributed by atoms with van der Waals surface area (Å²) in [6.07, 6.45) is 3.05. The van der Waals surface area contributed by atoms with Gasteiger partial charge < -0.3 is 24.6 Å². The zero-order chi connectivity index (χ0) is 16.6. The van der Waals surface area contributed by atoms with E-state index in [1.54, 1.807) is 39.4 Å². The number of amides is 1. The fourth-order valence-electron chi connectivity index (χ4n) is 1.83. The van der Waals surface area contributed by atoms with Gasteiger partial charge in [0, 0.05) is 19.7 Å². The van der Waals surface area contributed by atoms with Crippen molar-refractivity contribution in [1.29, 1.82) is 0 Å². The van der Waals surface area contributed by atoms with Gasteiger partial charge >= 0.3 is 0 Å². The van der Waals surface area contributed by atoms with Crippen LogP contribution >= 0.6 is 0 Å². The minimum Gasteiger partial charge on any atom is -0.493 e. The number of hydrogen-bond acceptors (Lipinski definition) is 5. The molecule has 1 amide bonds. The molecule has 1 unspecified atom stereocenters. The number of methoxy groups -OCH3 is 3. The van der Waals surface area contributed by atoms with E-state index in [9.17, 15) is 9.90 Å². The quantitative estimate of drug-likeness (QED) is 0.706. The lowest BCUT2D eigenvalue weighted by Gasteiger charge is -2.21. The number of carbonyl (C=O) groups excluding carboxylic acids is 1. The Balaban J connectivity index is 2.62. The molecular weight excluding hydrogens is 286 g/mol. The van der Waals surface area contributed by atoms with E-state index in [1.807, 2.05) is 6.07 Å². The summed E-state index contributed by atoms with van der Waals surface area (Å²) in [6.45, 7) is 1.84. The summed E-state index contributed by atoms with van der Waals surface area (Å²) in [4.78, 5) is 11.7. The second-order valence-electron chi connectivity index (χ2n) is 5.10. The largest absolute Gasteiger partial charge is 0.493 e. The summed E-state index contributed by atoms with van der Waals surface area (Å²) in [5.41, 5.74) is -0.293. The van der Waals surface area contributed by atoms with Crippen LogP contribution in [0.5, 0.6) is 11.5 Å². The number of benzene rings is 1. The Morgan fingerprint density at radius 3 is 2.55 bits per heavy atom. The van der Waals surface area contributed by atoms with Crippen LogP contribution in [0.1, 0.15) is 12.5 Å². The van der Waals surface area contributed by atoms with Gasteiger partial charge in [-0.25, -0.2) is 0 Å².